The Balaban J connectivity index is 2.25. The monoisotopic (exact) mass is 350 g/mol. The molecule has 0 aromatic carbocycles. The number of hydrogen-bond donors (Lipinski definition) is 1. The summed E-state index contributed by atoms with van der Waals surface area (Å²) in [6, 6.07) is 1.50. The van der Waals surface area contributed by atoms with Gasteiger partial charge in [0.1, 0.15) is 10.7 Å². The van der Waals surface area contributed by atoms with Crippen LogP contribution >= 0.6 is 15.9 Å². The van der Waals surface area contributed by atoms with Crippen molar-refractivity contribution in [1.82, 2.24) is 4.31 Å². The van der Waals surface area contributed by atoms with E-state index in [0.29, 0.717) is 18.8 Å². The average molecular weight is 351 g/mol. The van der Waals surface area contributed by atoms with Gasteiger partial charge in [0, 0.05) is 19.2 Å². The molecule has 0 atom stereocenters. The van der Waals surface area contributed by atoms with E-state index >= 15 is 0 Å². The smallest absolute Gasteiger partial charge is 0.247 e. The Bertz CT molecular complexity index is 556. The number of sulfonamides is 1. The molecule has 2 rings (SSSR count). The summed E-state index contributed by atoms with van der Waals surface area (Å²) in [7, 11) is -3.49. The molecule has 0 amide bonds. The maximum Gasteiger partial charge on any atom is 0.247 e. The van der Waals surface area contributed by atoms with Gasteiger partial charge in [-0.3, -0.25) is 0 Å². The van der Waals surface area contributed by atoms with Gasteiger partial charge in [-0.1, -0.05) is 13.8 Å². The molecule has 108 valence electrons. The number of halogens is 1. The van der Waals surface area contributed by atoms with Crippen molar-refractivity contribution in [3.05, 3.63) is 16.5 Å². The molecular formula is C12H19BrN2O3S. The van der Waals surface area contributed by atoms with E-state index < -0.39 is 10.0 Å². The van der Waals surface area contributed by atoms with Crippen molar-refractivity contribution in [3.63, 3.8) is 0 Å². The highest BCUT2D eigenvalue weighted by Gasteiger charge is 2.34. The summed E-state index contributed by atoms with van der Waals surface area (Å²) in [6.45, 7) is 5.60. The van der Waals surface area contributed by atoms with Crippen molar-refractivity contribution in [1.29, 1.82) is 0 Å². The molecule has 1 aliphatic heterocycles. The maximum absolute atomic E-state index is 12.5. The molecule has 1 aliphatic rings. The third-order valence-electron chi connectivity index (χ3n) is 3.60. The molecule has 2 N–H and O–H groups in total. The molecule has 0 saturated carbocycles. The second-order valence-corrected chi connectivity index (χ2v) is 8.25. The summed E-state index contributed by atoms with van der Waals surface area (Å²) in [6.07, 6.45) is 1.73. The lowest BCUT2D eigenvalue weighted by atomic mass is 9.83. The van der Waals surface area contributed by atoms with E-state index in [1.807, 2.05) is 0 Å². The highest BCUT2D eigenvalue weighted by Crippen LogP contribution is 2.34. The van der Waals surface area contributed by atoms with Crippen molar-refractivity contribution in [2.24, 2.45) is 11.1 Å². The SMILES string of the molecule is CC1(C)CCN(S(=O)(=O)c2cc(CN)oc2Br)CC1. The molecule has 0 spiro atoms. The second kappa shape index (κ2) is 5.20. The minimum atomic E-state index is -3.49. The van der Waals surface area contributed by atoms with Crippen molar-refractivity contribution < 1.29 is 12.8 Å². The summed E-state index contributed by atoms with van der Waals surface area (Å²) < 4.78 is 32.1. The van der Waals surface area contributed by atoms with Gasteiger partial charge in [-0.15, -0.1) is 0 Å². The minimum Gasteiger partial charge on any atom is -0.452 e. The molecule has 19 heavy (non-hydrogen) atoms. The molecule has 0 bridgehead atoms. The van der Waals surface area contributed by atoms with Crippen molar-refractivity contribution in [3.8, 4) is 0 Å². The molecular weight excluding hydrogens is 332 g/mol. The summed E-state index contributed by atoms with van der Waals surface area (Å²) in [4.78, 5) is 0.174. The van der Waals surface area contributed by atoms with Crippen molar-refractivity contribution >= 4 is 26.0 Å². The fraction of sp³-hybridized carbons (Fsp3) is 0.667. The van der Waals surface area contributed by atoms with Gasteiger partial charge < -0.3 is 10.2 Å². The Morgan fingerprint density at radius 3 is 2.47 bits per heavy atom. The highest BCUT2D eigenvalue weighted by molar-refractivity contribution is 9.10. The van der Waals surface area contributed by atoms with Crippen LogP contribution in [-0.2, 0) is 16.6 Å². The molecule has 1 aromatic rings. The van der Waals surface area contributed by atoms with E-state index in [-0.39, 0.29) is 21.5 Å². The number of nitrogens with two attached hydrogens (primary N) is 1. The van der Waals surface area contributed by atoms with E-state index in [1.165, 1.54) is 10.4 Å². The third kappa shape index (κ3) is 3.04. The topological polar surface area (TPSA) is 76.5 Å². The molecule has 1 saturated heterocycles. The fourth-order valence-electron chi connectivity index (χ4n) is 2.15. The number of nitrogens with zero attached hydrogens (tertiary/aromatic N) is 1. The zero-order valence-electron chi connectivity index (χ0n) is 11.1. The van der Waals surface area contributed by atoms with Crippen LogP contribution in [0, 0.1) is 5.41 Å². The standard InChI is InChI=1S/C12H19BrN2O3S/c1-12(2)3-5-15(6-4-12)19(16,17)10-7-9(8-14)18-11(10)13/h7H,3-6,8,14H2,1-2H3. The van der Waals surface area contributed by atoms with Gasteiger partial charge in [-0.25, -0.2) is 8.42 Å². The van der Waals surface area contributed by atoms with Crippen molar-refractivity contribution in [2.75, 3.05) is 13.1 Å². The molecule has 7 heteroatoms. The molecule has 5 nitrogen and oxygen atoms in total. The Morgan fingerprint density at radius 1 is 1.42 bits per heavy atom. The molecule has 1 aromatic heterocycles. The average Bonchev–Trinajstić information content (AvgIpc) is 2.70. The molecule has 2 heterocycles. The first-order valence-electron chi connectivity index (χ1n) is 6.25. The Hall–Kier alpha value is -0.370. The minimum absolute atomic E-state index is 0.174. The first-order valence-corrected chi connectivity index (χ1v) is 8.48. The first kappa shape index (κ1) is 15.0. The lowest BCUT2D eigenvalue weighted by Gasteiger charge is -2.35. The Kier molecular flexibility index (Phi) is 4.11. The number of hydrogen-bond acceptors (Lipinski definition) is 4. The second-order valence-electron chi connectivity index (χ2n) is 5.62. The van der Waals surface area contributed by atoms with E-state index in [4.69, 9.17) is 10.2 Å². The quantitative estimate of drug-likeness (QED) is 0.907. The van der Waals surface area contributed by atoms with Crippen LogP contribution in [0.2, 0.25) is 0 Å². The fourth-order valence-corrected chi connectivity index (χ4v) is 4.55. The molecule has 1 fully saturated rings. The van der Waals surface area contributed by atoms with Crippen LogP contribution in [0.3, 0.4) is 0 Å². The van der Waals surface area contributed by atoms with Gasteiger partial charge >= 0.3 is 0 Å². The maximum atomic E-state index is 12.5. The van der Waals surface area contributed by atoms with Crippen LogP contribution in [0.5, 0.6) is 0 Å². The molecule has 0 unspecified atom stereocenters. The third-order valence-corrected chi connectivity index (χ3v) is 6.36. The van der Waals surface area contributed by atoms with Crippen LogP contribution in [0.25, 0.3) is 0 Å². The van der Waals surface area contributed by atoms with Gasteiger partial charge in [0.25, 0.3) is 0 Å². The van der Waals surface area contributed by atoms with Gasteiger partial charge in [-0.2, -0.15) is 4.31 Å². The summed E-state index contributed by atoms with van der Waals surface area (Å²) in [5.41, 5.74) is 5.68. The van der Waals surface area contributed by atoms with E-state index in [9.17, 15) is 8.42 Å². The Labute approximate surface area is 122 Å². The molecule has 0 aliphatic carbocycles. The van der Waals surface area contributed by atoms with E-state index in [2.05, 4.69) is 29.8 Å². The number of piperidine rings is 1. The van der Waals surface area contributed by atoms with Gasteiger partial charge in [-0.05, 0) is 34.2 Å². The largest absolute Gasteiger partial charge is 0.452 e. The van der Waals surface area contributed by atoms with Crippen LogP contribution in [0.1, 0.15) is 32.4 Å². The number of rotatable bonds is 3. The van der Waals surface area contributed by atoms with Gasteiger partial charge in [0.2, 0.25) is 10.0 Å². The van der Waals surface area contributed by atoms with Gasteiger partial charge in [0.15, 0.2) is 4.67 Å². The summed E-state index contributed by atoms with van der Waals surface area (Å²) in [5.74, 6) is 0.461. The van der Waals surface area contributed by atoms with Crippen LogP contribution in [-0.4, -0.2) is 25.8 Å². The first-order chi connectivity index (χ1) is 8.76. The lowest BCUT2D eigenvalue weighted by molar-refractivity contribution is 0.195. The Morgan fingerprint density at radius 2 is 2.00 bits per heavy atom. The predicted molar refractivity (Wildman–Crippen MR) is 76.1 cm³/mol. The zero-order valence-corrected chi connectivity index (χ0v) is 13.6. The van der Waals surface area contributed by atoms with Crippen LogP contribution < -0.4 is 5.73 Å². The van der Waals surface area contributed by atoms with Crippen LogP contribution in [0.4, 0.5) is 0 Å². The zero-order chi connectivity index (χ0) is 14.3. The van der Waals surface area contributed by atoms with Crippen molar-refractivity contribution in [2.45, 2.75) is 38.1 Å². The molecule has 0 radical (unpaired) electrons. The predicted octanol–water partition coefficient (Wildman–Crippen LogP) is 2.31. The van der Waals surface area contributed by atoms with E-state index in [1.54, 1.807) is 0 Å². The lowest BCUT2D eigenvalue weighted by Crippen LogP contribution is -2.41. The van der Waals surface area contributed by atoms with E-state index in [0.717, 1.165) is 12.8 Å². The van der Waals surface area contributed by atoms with Crippen LogP contribution in [0.15, 0.2) is 20.0 Å². The normalized spacial score (nSPS) is 20.6. The summed E-state index contributed by atoms with van der Waals surface area (Å²) in [5, 5.41) is 0. The summed E-state index contributed by atoms with van der Waals surface area (Å²) >= 11 is 3.15. The number of furan rings is 1. The highest BCUT2D eigenvalue weighted by atomic mass is 79.9. The van der Waals surface area contributed by atoms with Gasteiger partial charge in [0.05, 0.1) is 6.54 Å².